The molecule has 3 rings (SSSR count). The molecule has 26 heavy (non-hydrogen) atoms. The minimum Gasteiger partial charge on any atom is -0.497 e. The maximum atomic E-state index is 12.5. The van der Waals surface area contributed by atoms with Gasteiger partial charge in [-0.1, -0.05) is 41.1 Å². The number of fused-ring (bicyclic) bond motifs is 1. The molecule has 0 amide bonds. The predicted molar refractivity (Wildman–Crippen MR) is 106 cm³/mol. The zero-order valence-electron chi connectivity index (χ0n) is 14.4. The Balaban J connectivity index is 1.85. The Kier molecular flexibility index (Phi) is 5.38. The fourth-order valence-electron chi connectivity index (χ4n) is 2.60. The third-order valence-corrected chi connectivity index (χ3v) is 4.66. The Labute approximate surface area is 159 Å². The molecule has 0 bridgehead atoms. The molecule has 1 heterocycles. The van der Waals surface area contributed by atoms with Crippen molar-refractivity contribution in [1.29, 1.82) is 0 Å². The molecule has 2 aromatic carbocycles. The van der Waals surface area contributed by atoms with Crippen LogP contribution in [0.1, 0.15) is 24.0 Å². The van der Waals surface area contributed by atoms with Gasteiger partial charge in [-0.15, -0.1) is 0 Å². The number of methoxy groups -OCH3 is 1. The fourth-order valence-corrected chi connectivity index (χ4v) is 2.98. The quantitative estimate of drug-likeness (QED) is 0.439. The number of halogens is 1. The van der Waals surface area contributed by atoms with Gasteiger partial charge in [-0.2, -0.15) is 0 Å². The average molecular weight is 413 g/mol. The van der Waals surface area contributed by atoms with Gasteiger partial charge in [0.1, 0.15) is 11.3 Å². The molecule has 0 aliphatic heterocycles. The molecule has 1 aromatic heterocycles. The van der Waals surface area contributed by atoms with Crippen LogP contribution in [0.2, 0.25) is 0 Å². The Morgan fingerprint density at radius 2 is 1.88 bits per heavy atom. The third-order valence-electron chi connectivity index (χ3n) is 4.17. The van der Waals surface area contributed by atoms with E-state index < -0.39 is 11.5 Å². The summed E-state index contributed by atoms with van der Waals surface area (Å²) in [5.41, 5.74) is 1.23. The van der Waals surface area contributed by atoms with Crippen LogP contribution in [-0.4, -0.2) is 12.9 Å². The first-order valence-corrected chi connectivity index (χ1v) is 8.86. The Hall–Kier alpha value is -2.66. The van der Waals surface area contributed by atoms with Crippen molar-refractivity contribution in [2.24, 2.45) is 0 Å². The van der Waals surface area contributed by atoms with Crippen LogP contribution < -0.4 is 10.4 Å². The second-order valence-corrected chi connectivity index (χ2v) is 6.82. The van der Waals surface area contributed by atoms with Gasteiger partial charge in [0.25, 0.3) is 0 Å². The van der Waals surface area contributed by atoms with E-state index in [0.717, 1.165) is 21.2 Å². The summed E-state index contributed by atoms with van der Waals surface area (Å²) in [6, 6.07) is 14.5. The second kappa shape index (κ2) is 7.70. The summed E-state index contributed by atoms with van der Waals surface area (Å²) in [6.45, 7) is 1.71. The molecule has 0 N–H and O–H groups in total. The number of hydrogen-bond donors (Lipinski definition) is 0. The number of ketones is 1. The summed E-state index contributed by atoms with van der Waals surface area (Å²) < 4.78 is 11.3. The van der Waals surface area contributed by atoms with Crippen molar-refractivity contribution in [2.75, 3.05) is 7.11 Å². The van der Waals surface area contributed by atoms with Gasteiger partial charge in [-0.05, 0) is 48.0 Å². The van der Waals surface area contributed by atoms with Crippen LogP contribution >= 0.6 is 15.9 Å². The Morgan fingerprint density at radius 1 is 1.15 bits per heavy atom. The van der Waals surface area contributed by atoms with Crippen LogP contribution in [0.25, 0.3) is 17.0 Å². The molecule has 5 heteroatoms. The van der Waals surface area contributed by atoms with E-state index in [2.05, 4.69) is 15.9 Å². The van der Waals surface area contributed by atoms with E-state index in [0.29, 0.717) is 11.1 Å². The molecule has 1 atom stereocenters. The van der Waals surface area contributed by atoms with E-state index >= 15 is 0 Å². The molecule has 0 aliphatic carbocycles. The summed E-state index contributed by atoms with van der Waals surface area (Å²) in [4.78, 5) is 24.7. The third kappa shape index (κ3) is 3.94. The zero-order chi connectivity index (χ0) is 18.7. The van der Waals surface area contributed by atoms with Gasteiger partial charge in [0, 0.05) is 15.4 Å². The van der Waals surface area contributed by atoms with Gasteiger partial charge < -0.3 is 9.15 Å². The normalized spacial score (nSPS) is 12.4. The number of allylic oxidation sites excluding steroid dienone is 1. The Morgan fingerprint density at radius 3 is 2.58 bits per heavy atom. The lowest BCUT2D eigenvalue weighted by Gasteiger charge is -2.08. The van der Waals surface area contributed by atoms with Crippen molar-refractivity contribution in [3.63, 3.8) is 0 Å². The SMILES string of the molecule is COc1ccc(C=CC(=O)C(C)c2cc3cc(Br)ccc3oc2=O)cc1. The van der Waals surface area contributed by atoms with Gasteiger partial charge in [0.15, 0.2) is 5.78 Å². The lowest BCUT2D eigenvalue weighted by Crippen LogP contribution is -2.16. The number of hydrogen-bond acceptors (Lipinski definition) is 4. The van der Waals surface area contributed by atoms with Crippen LogP contribution in [0.15, 0.2) is 68.3 Å². The molecule has 0 saturated heterocycles. The first-order valence-electron chi connectivity index (χ1n) is 8.07. The summed E-state index contributed by atoms with van der Waals surface area (Å²) in [7, 11) is 1.60. The van der Waals surface area contributed by atoms with Gasteiger partial charge in [-0.25, -0.2) is 4.79 Å². The predicted octanol–water partition coefficient (Wildman–Crippen LogP) is 4.95. The highest BCUT2D eigenvalue weighted by Crippen LogP contribution is 2.23. The van der Waals surface area contributed by atoms with Crippen LogP contribution in [0.3, 0.4) is 0 Å². The van der Waals surface area contributed by atoms with Crippen molar-refractivity contribution in [3.05, 3.63) is 80.6 Å². The molecule has 0 aliphatic rings. The van der Waals surface area contributed by atoms with E-state index in [9.17, 15) is 9.59 Å². The van der Waals surface area contributed by atoms with Crippen molar-refractivity contribution in [2.45, 2.75) is 12.8 Å². The van der Waals surface area contributed by atoms with Crippen LogP contribution in [0.4, 0.5) is 0 Å². The highest BCUT2D eigenvalue weighted by atomic mass is 79.9. The van der Waals surface area contributed by atoms with E-state index in [-0.39, 0.29) is 5.78 Å². The van der Waals surface area contributed by atoms with Gasteiger partial charge >= 0.3 is 5.63 Å². The topological polar surface area (TPSA) is 56.5 Å². The van der Waals surface area contributed by atoms with Crippen molar-refractivity contribution in [3.8, 4) is 5.75 Å². The molecule has 3 aromatic rings. The minimum atomic E-state index is -0.593. The van der Waals surface area contributed by atoms with Gasteiger partial charge in [0.05, 0.1) is 13.0 Å². The zero-order valence-corrected chi connectivity index (χ0v) is 15.9. The van der Waals surface area contributed by atoms with Crippen molar-refractivity contribution in [1.82, 2.24) is 0 Å². The van der Waals surface area contributed by atoms with Crippen LogP contribution in [-0.2, 0) is 4.79 Å². The minimum absolute atomic E-state index is 0.164. The summed E-state index contributed by atoms with van der Waals surface area (Å²) in [5, 5.41) is 0.771. The van der Waals surface area contributed by atoms with Gasteiger partial charge in [0.2, 0.25) is 0 Å². The van der Waals surface area contributed by atoms with Crippen molar-refractivity contribution < 1.29 is 13.9 Å². The molecule has 4 nitrogen and oxygen atoms in total. The molecular weight excluding hydrogens is 396 g/mol. The lowest BCUT2D eigenvalue weighted by atomic mass is 9.96. The smallest absolute Gasteiger partial charge is 0.340 e. The largest absolute Gasteiger partial charge is 0.497 e. The molecule has 1 unspecified atom stereocenters. The highest BCUT2D eigenvalue weighted by Gasteiger charge is 2.18. The van der Waals surface area contributed by atoms with Gasteiger partial charge in [-0.3, -0.25) is 4.79 Å². The average Bonchev–Trinajstić information content (AvgIpc) is 2.65. The first kappa shape index (κ1) is 18.1. The summed E-state index contributed by atoms with van der Waals surface area (Å²) in [6.07, 6.45) is 3.20. The van der Waals surface area contributed by atoms with E-state index in [1.165, 1.54) is 6.08 Å². The Bertz CT molecular complexity index is 1030. The van der Waals surface area contributed by atoms with Crippen LogP contribution in [0.5, 0.6) is 5.75 Å². The first-order chi connectivity index (χ1) is 12.5. The second-order valence-electron chi connectivity index (χ2n) is 5.90. The maximum absolute atomic E-state index is 12.5. The number of carbonyl (C=O) groups excluding carboxylic acids is 1. The van der Waals surface area contributed by atoms with Crippen molar-refractivity contribution >= 4 is 38.8 Å². The number of rotatable bonds is 5. The number of carbonyl (C=O) groups is 1. The molecule has 0 spiro atoms. The monoisotopic (exact) mass is 412 g/mol. The maximum Gasteiger partial charge on any atom is 0.340 e. The fraction of sp³-hybridized carbons (Fsp3) is 0.143. The lowest BCUT2D eigenvalue weighted by molar-refractivity contribution is -0.115. The summed E-state index contributed by atoms with van der Waals surface area (Å²) >= 11 is 3.40. The van der Waals surface area contributed by atoms with E-state index in [1.807, 2.05) is 30.3 Å². The molecule has 0 fully saturated rings. The number of benzene rings is 2. The molecular formula is C21H17BrO4. The van der Waals surface area contributed by atoms with Crippen LogP contribution in [0, 0.1) is 0 Å². The summed E-state index contributed by atoms with van der Waals surface area (Å²) in [5.74, 6) is -0.00614. The highest BCUT2D eigenvalue weighted by molar-refractivity contribution is 9.10. The standard InChI is InChI=1S/C21H17BrO4/c1-13(19(23)9-5-14-3-7-17(25-2)8-4-14)18-12-15-11-16(22)6-10-20(15)26-21(18)24/h3-13H,1-2H3. The van der Waals surface area contributed by atoms with E-state index in [1.54, 1.807) is 38.3 Å². The molecule has 0 radical (unpaired) electrons. The molecule has 0 saturated carbocycles. The van der Waals surface area contributed by atoms with E-state index in [4.69, 9.17) is 9.15 Å². The number of ether oxygens (including phenoxy) is 1. The molecule has 132 valence electrons.